The average Bonchev–Trinajstić information content (AvgIpc) is 3.03. The molecule has 0 aliphatic carbocycles. The number of urea groups is 1. The van der Waals surface area contributed by atoms with Crippen LogP contribution in [0.1, 0.15) is 12.0 Å². The second-order valence-electron chi connectivity index (χ2n) is 5.66. The first-order valence-electron chi connectivity index (χ1n) is 7.12. The van der Waals surface area contributed by atoms with E-state index in [1.807, 2.05) is 12.1 Å². The van der Waals surface area contributed by atoms with Gasteiger partial charge in [-0.15, -0.1) is 11.3 Å². The molecule has 1 unspecified atom stereocenters. The molecule has 2 aromatic rings. The third kappa shape index (κ3) is 3.25. The Morgan fingerprint density at radius 2 is 2.18 bits per heavy atom. The molecule has 0 radical (unpaired) electrons. The average molecular weight is 338 g/mol. The molecule has 1 atom stereocenters. The first-order chi connectivity index (χ1) is 10.4. The van der Waals surface area contributed by atoms with Crippen LogP contribution in [0.2, 0.25) is 0 Å². The van der Waals surface area contributed by atoms with Gasteiger partial charge in [-0.05, 0) is 28.8 Å². The van der Waals surface area contributed by atoms with Gasteiger partial charge in [-0.1, -0.05) is 18.2 Å². The van der Waals surface area contributed by atoms with Gasteiger partial charge < -0.3 is 10.2 Å². The number of carbonyl (C=O) groups is 1. The van der Waals surface area contributed by atoms with Crippen LogP contribution in [-0.2, 0) is 16.4 Å². The van der Waals surface area contributed by atoms with Crippen molar-refractivity contribution >= 4 is 37.3 Å². The van der Waals surface area contributed by atoms with Gasteiger partial charge in [0.05, 0.1) is 11.5 Å². The number of rotatable bonds is 3. The largest absolute Gasteiger partial charge is 0.334 e. The summed E-state index contributed by atoms with van der Waals surface area (Å²) >= 11 is 1.66. The van der Waals surface area contributed by atoms with Gasteiger partial charge in [0.2, 0.25) is 0 Å². The summed E-state index contributed by atoms with van der Waals surface area (Å²) in [5, 5.41) is 6.03. The van der Waals surface area contributed by atoms with Crippen LogP contribution in [0, 0.1) is 0 Å². The van der Waals surface area contributed by atoms with Crippen molar-refractivity contribution in [3.05, 3.63) is 35.2 Å². The molecule has 0 saturated carbocycles. The van der Waals surface area contributed by atoms with E-state index in [1.165, 1.54) is 4.70 Å². The van der Waals surface area contributed by atoms with E-state index >= 15 is 0 Å². The molecular weight excluding hydrogens is 320 g/mol. The third-order valence-corrected chi connectivity index (χ3v) is 6.66. The summed E-state index contributed by atoms with van der Waals surface area (Å²) in [6.45, 7) is 0.509. The van der Waals surface area contributed by atoms with E-state index in [-0.39, 0.29) is 23.6 Å². The molecule has 1 fully saturated rings. The number of sulfone groups is 1. The SMILES string of the molecule is CN(Cc1csc2ccccc12)C(=O)NC1CCS(=O)(=O)C1. The van der Waals surface area contributed by atoms with Crippen LogP contribution in [0.15, 0.2) is 29.6 Å². The van der Waals surface area contributed by atoms with Gasteiger partial charge in [-0.2, -0.15) is 0 Å². The molecule has 22 heavy (non-hydrogen) atoms. The zero-order valence-electron chi connectivity index (χ0n) is 12.3. The van der Waals surface area contributed by atoms with Crippen molar-refractivity contribution in [3.63, 3.8) is 0 Å². The van der Waals surface area contributed by atoms with Gasteiger partial charge in [0.1, 0.15) is 0 Å². The molecule has 1 aliphatic rings. The number of hydrogen-bond donors (Lipinski definition) is 1. The molecule has 3 rings (SSSR count). The summed E-state index contributed by atoms with van der Waals surface area (Å²) < 4.78 is 24.1. The topological polar surface area (TPSA) is 66.5 Å². The summed E-state index contributed by atoms with van der Waals surface area (Å²) in [6.07, 6.45) is 0.503. The molecule has 1 aromatic heterocycles. The summed E-state index contributed by atoms with van der Waals surface area (Å²) in [6, 6.07) is 7.61. The zero-order valence-corrected chi connectivity index (χ0v) is 13.9. The third-order valence-electron chi connectivity index (χ3n) is 3.88. The fourth-order valence-electron chi connectivity index (χ4n) is 2.68. The number of amides is 2. The lowest BCUT2D eigenvalue weighted by Gasteiger charge is -2.20. The Bertz CT molecular complexity index is 798. The number of thiophene rings is 1. The number of benzene rings is 1. The molecule has 1 aromatic carbocycles. The molecule has 5 nitrogen and oxygen atoms in total. The Hall–Kier alpha value is -1.60. The lowest BCUT2D eigenvalue weighted by atomic mass is 10.2. The highest BCUT2D eigenvalue weighted by Gasteiger charge is 2.29. The van der Waals surface area contributed by atoms with Crippen LogP contribution in [0.5, 0.6) is 0 Å². The van der Waals surface area contributed by atoms with E-state index in [9.17, 15) is 13.2 Å². The fourth-order valence-corrected chi connectivity index (χ4v) is 5.30. The zero-order chi connectivity index (χ0) is 15.7. The quantitative estimate of drug-likeness (QED) is 0.933. The smallest absolute Gasteiger partial charge is 0.317 e. The van der Waals surface area contributed by atoms with Crippen molar-refractivity contribution in [2.24, 2.45) is 0 Å². The van der Waals surface area contributed by atoms with Crippen LogP contribution < -0.4 is 5.32 Å². The monoisotopic (exact) mass is 338 g/mol. The predicted molar refractivity (Wildman–Crippen MR) is 88.9 cm³/mol. The standard InChI is InChI=1S/C15H18N2O3S2/c1-17(15(18)16-12-6-7-22(19,20)10-12)8-11-9-21-14-5-3-2-4-13(11)14/h2-5,9,12H,6-8,10H2,1H3,(H,16,18). The molecule has 1 aliphatic heterocycles. The molecule has 2 amide bonds. The van der Waals surface area contributed by atoms with Crippen molar-refractivity contribution in [2.75, 3.05) is 18.6 Å². The first kappa shape index (κ1) is 15.3. The highest BCUT2D eigenvalue weighted by atomic mass is 32.2. The number of nitrogens with zero attached hydrogens (tertiary/aromatic N) is 1. The molecule has 0 bridgehead atoms. The number of fused-ring (bicyclic) bond motifs is 1. The van der Waals surface area contributed by atoms with Crippen molar-refractivity contribution in [1.29, 1.82) is 0 Å². The van der Waals surface area contributed by atoms with Gasteiger partial charge in [0, 0.05) is 24.3 Å². The maximum absolute atomic E-state index is 12.2. The van der Waals surface area contributed by atoms with Gasteiger partial charge in [-0.25, -0.2) is 13.2 Å². The highest BCUT2D eigenvalue weighted by molar-refractivity contribution is 7.91. The van der Waals surface area contributed by atoms with Crippen LogP contribution in [0.4, 0.5) is 4.79 Å². The Balaban J connectivity index is 1.64. The van der Waals surface area contributed by atoms with Gasteiger partial charge in [0.25, 0.3) is 0 Å². The van der Waals surface area contributed by atoms with Crippen LogP contribution in [0.3, 0.4) is 0 Å². The van der Waals surface area contributed by atoms with E-state index in [4.69, 9.17) is 0 Å². The maximum Gasteiger partial charge on any atom is 0.317 e. The van der Waals surface area contributed by atoms with E-state index in [2.05, 4.69) is 22.8 Å². The lowest BCUT2D eigenvalue weighted by Crippen LogP contribution is -2.43. The Morgan fingerprint density at radius 1 is 1.41 bits per heavy atom. The molecule has 2 heterocycles. The number of nitrogens with one attached hydrogen (secondary N) is 1. The Labute approximate surface area is 133 Å². The maximum atomic E-state index is 12.2. The number of carbonyl (C=O) groups excluding carboxylic acids is 1. The van der Waals surface area contributed by atoms with Crippen molar-refractivity contribution in [2.45, 2.75) is 19.0 Å². The Morgan fingerprint density at radius 3 is 2.91 bits per heavy atom. The lowest BCUT2D eigenvalue weighted by molar-refractivity contribution is 0.204. The number of hydrogen-bond acceptors (Lipinski definition) is 4. The molecular formula is C15H18N2O3S2. The van der Waals surface area contributed by atoms with Crippen LogP contribution in [0.25, 0.3) is 10.1 Å². The van der Waals surface area contributed by atoms with Gasteiger partial charge in [0.15, 0.2) is 9.84 Å². The van der Waals surface area contributed by atoms with E-state index in [0.29, 0.717) is 13.0 Å². The van der Waals surface area contributed by atoms with Crippen molar-refractivity contribution in [1.82, 2.24) is 10.2 Å². The highest BCUT2D eigenvalue weighted by Crippen LogP contribution is 2.26. The summed E-state index contributed by atoms with van der Waals surface area (Å²) in [5.74, 6) is 0.213. The summed E-state index contributed by atoms with van der Waals surface area (Å²) in [5.41, 5.74) is 1.11. The molecule has 1 N–H and O–H groups in total. The van der Waals surface area contributed by atoms with Gasteiger partial charge >= 0.3 is 6.03 Å². The normalized spacial score (nSPS) is 20.1. The van der Waals surface area contributed by atoms with Crippen LogP contribution in [-0.4, -0.2) is 43.9 Å². The van der Waals surface area contributed by atoms with Gasteiger partial charge in [-0.3, -0.25) is 0 Å². The van der Waals surface area contributed by atoms with E-state index in [0.717, 1.165) is 10.9 Å². The minimum atomic E-state index is -2.98. The molecule has 7 heteroatoms. The summed E-state index contributed by atoms with van der Waals surface area (Å²) in [4.78, 5) is 13.8. The Kier molecular flexibility index (Phi) is 4.10. The summed E-state index contributed by atoms with van der Waals surface area (Å²) in [7, 11) is -1.25. The van der Waals surface area contributed by atoms with Crippen molar-refractivity contribution < 1.29 is 13.2 Å². The minimum Gasteiger partial charge on any atom is -0.334 e. The predicted octanol–water partition coefficient (Wildman–Crippen LogP) is 2.23. The molecule has 118 valence electrons. The first-order valence-corrected chi connectivity index (χ1v) is 9.82. The minimum absolute atomic E-state index is 0.0496. The van der Waals surface area contributed by atoms with E-state index in [1.54, 1.807) is 23.3 Å². The van der Waals surface area contributed by atoms with Crippen LogP contribution >= 0.6 is 11.3 Å². The van der Waals surface area contributed by atoms with Crippen molar-refractivity contribution in [3.8, 4) is 0 Å². The molecule has 0 spiro atoms. The molecule has 1 saturated heterocycles. The van der Waals surface area contributed by atoms with E-state index < -0.39 is 9.84 Å². The second kappa shape index (κ2) is 5.89. The fraction of sp³-hybridized carbons (Fsp3) is 0.400. The second-order valence-corrected chi connectivity index (χ2v) is 8.80.